The third kappa shape index (κ3) is 3.50. The molecule has 0 aromatic carbocycles. The van der Waals surface area contributed by atoms with Crippen molar-refractivity contribution < 1.29 is 24.6 Å². The van der Waals surface area contributed by atoms with E-state index >= 15 is 0 Å². The highest BCUT2D eigenvalue weighted by atomic mass is 16.4. The van der Waals surface area contributed by atoms with Crippen molar-refractivity contribution in [3.8, 4) is 0 Å². The lowest BCUT2D eigenvalue weighted by Gasteiger charge is -1.97. The molecule has 0 fully saturated rings. The maximum atomic E-state index is 10.6. The Morgan fingerprint density at radius 2 is 1.75 bits per heavy atom. The SMILES string of the molecule is C[C@@H](C=CC(=O)O)C(=O)C(=O)O. The summed E-state index contributed by atoms with van der Waals surface area (Å²) >= 11 is 0. The lowest BCUT2D eigenvalue weighted by atomic mass is 10.1. The predicted octanol–water partition coefficient (Wildman–Crippen LogP) is -0.0830. The van der Waals surface area contributed by atoms with E-state index in [0.29, 0.717) is 0 Å². The molecular formula is C7H8O5. The van der Waals surface area contributed by atoms with Gasteiger partial charge in [-0.15, -0.1) is 0 Å². The van der Waals surface area contributed by atoms with Crippen LogP contribution in [-0.4, -0.2) is 27.9 Å². The van der Waals surface area contributed by atoms with Gasteiger partial charge in [0.1, 0.15) is 0 Å². The molecule has 0 radical (unpaired) electrons. The van der Waals surface area contributed by atoms with Gasteiger partial charge in [-0.25, -0.2) is 9.59 Å². The van der Waals surface area contributed by atoms with E-state index in [1.54, 1.807) is 0 Å². The summed E-state index contributed by atoms with van der Waals surface area (Å²) in [5, 5.41) is 16.3. The number of carbonyl (C=O) groups excluding carboxylic acids is 1. The molecule has 0 saturated carbocycles. The van der Waals surface area contributed by atoms with Crippen molar-refractivity contribution in [3.63, 3.8) is 0 Å². The minimum absolute atomic E-state index is 0.742. The van der Waals surface area contributed by atoms with E-state index in [1.807, 2.05) is 0 Å². The van der Waals surface area contributed by atoms with Gasteiger partial charge in [0.25, 0.3) is 0 Å². The van der Waals surface area contributed by atoms with Crippen molar-refractivity contribution in [2.75, 3.05) is 0 Å². The number of ketones is 1. The van der Waals surface area contributed by atoms with Crippen LogP contribution < -0.4 is 0 Å². The first-order chi connectivity index (χ1) is 5.45. The Morgan fingerprint density at radius 3 is 2.08 bits per heavy atom. The van der Waals surface area contributed by atoms with Crippen molar-refractivity contribution in [3.05, 3.63) is 12.2 Å². The molecule has 0 unspecified atom stereocenters. The van der Waals surface area contributed by atoms with E-state index in [9.17, 15) is 14.4 Å². The minimum Gasteiger partial charge on any atom is -0.478 e. The van der Waals surface area contributed by atoms with E-state index in [2.05, 4.69) is 0 Å². The van der Waals surface area contributed by atoms with Crippen LogP contribution in [0.1, 0.15) is 6.92 Å². The largest absolute Gasteiger partial charge is 0.478 e. The maximum Gasteiger partial charge on any atom is 0.372 e. The summed E-state index contributed by atoms with van der Waals surface area (Å²) in [5.41, 5.74) is 0. The fourth-order valence-electron chi connectivity index (χ4n) is 0.509. The molecule has 1 atom stereocenters. The summed E-state index contributed by atoms with van der Waals surface area (Å²) in [6, 6.07) is 0. The zero-order valence-corrected chi connectivity index (χ0v) is 6.35. The Labute approximate surface area is 68.3 Å². The molecule has 5 nitrogen and oxygen atoms in total. The van der Waals surface area contributed by atoms with E-state index in [-0.39, 0.29) is 0 Å². The average Bonchev–Trinajstić information content (AvgIpc) is 1.98. The van der Waals surface area contributed by atoms with Gasteiger partial charge in [0.15, 0.2) is 0 Å². The third-order valence-electron chi connectivity index (χ3n) is 1.15. The fourth-order valence-corrected chi connectivity index (χ4v) is 0.509. The standard InChI is InChI=1S/C7H8O5/c1-4(2-3-5(8)9)6(10)7(11)12/h2-4H,1H3,(H,8,9)(H,11,12)/t4-/m0/s1. The molecule has 5 heteroatoms. The molecular weight excluding hydrogens is 164 g/mol. The van der Waals surface area contributed by atoms with E-state index < -0.39 is 23.6 Å². The lowest BCUT2D eigenvalue weighted by Crippen LogP contribution is -2.19. The second kappa shape index (κ2) is 4.27. The Kier molecular flexibility index (Phi) is 3.69. The lowest BCUT2D eigenvalue weighted by molar-refractivity contribution is -0.150. The first kappa shape index (κ1) is 10.3. The van der Waals surface area contributed by atoms with Crippen molar-refractivity contribution in [2.45, 2.75) is 6.92 Å². The van der Waals surface area contributed by atoms with Crippen LogP contribution in [0.3, 0.4) is 0 Å². The molecule has 66 valence electrons. The van der Waals surface area contributed by atoms with Crippen LogP contribution in [0.5, 0.6) is 0 Å². The molecule has 0 spiro atoms. The number of Topliss-reactive ketones (excluding diaryl/α,β-unsaturated/α-hetero) is 1. The van der Waals surface area contributed by atoms with Crippen molar-refractivity contribution in [1.29, 1.82) is 0 Å². The number of hydrogen-bond acceptors (Lipinski definition) is 3. The minimum atomic E-state index is -1.56. The van der Waals surface area contributed by atoms with Crippen molar-refractivity contribution in [1.82, 2.24) is 0 Å². The van der Waals surface area contributed by atoms with Gasteiger partial charge in [-0.2, -0.15) is 0 Å². The first-order valence-corrected chi connectivity index (χ1v) is 3.13. The summed E-state index contributed by atoms with van der Waals surface area (Å²) < 4.78 is 0. The molecule has 0 amide bonds. The quantitative estimate of drug-likeness (QED) is 0.457. The summed E-state index contributed by atoms with van der Waals surface area (Å²) in [7, 11) is 0. The van der Waals surface area contributed by atoms with Crippen LogP contribution in [-0.2, 0) is 14.4 Å². The topological polar surface area (TPSA) is 91.7 Å². The molecule has 0 aliphatic rings. The van der Waals surface area contributed by atoms with E-state index in [0.717, 1.165) is 12.2 Å². The summed E-state index contributed by atoms with van der Waals surface area (Å²) in [6.07, 6.45) is 1.77. The first-order valence-electron chi connectivity index (χ1n) is 3.13. The molecule has 0 aromatic rings. The van der Waals surface area contributed by atoms with Gasteiger partial charge >= 0.3 is 11.9 Å². The number of aliphatic carboxylic acids is 2. The van der Waals surface area contributed by atoms with Crippen molar-refractivity contribution in [2.24, 2.45) is 5.92 Å². The second-order valence-corrected chi connectivity index (χ2v) is 2.16. The molecule has 2 N–H and O–H groups in total. The van der Waals surface area contributed by atoms with Crippen LogP contribution in [0.25, 0.3) is 0 Å². The fraction of sp³-hybridized carbons (Fsp3) is 0.286. The van der Waals surface area contributed by atoms with Gasteiger partial charge in [0.2, 0.25) is 5.78 Å². The van der Waals surface area contributed by atoms with Gasteiger partial charge in [-0.3, -0.25) is 4.79 Å². The molecule has 0 aliphatic heterocycles. The third-order valence-corrected chi connectivity index (χ3v) is 1.15. The number of rotatable bonds is 4. The zero-order valence-electron chi connectivity index (χ0n) is 6.35. The molecule has 0 saturated heterocycles. The summed E-state index contributed by atoms with van der Waals surface area (Å²) in [4.78, 5) is 30.6. The number of hydrogen-bond donors (Lipinski definition) is 2. The van der Waals surface area contributed by atoms with Gasteiger partial charge in [-0.1, -0.05) is 13.0 Å². The highest BCUT2D eigenvalue weighted by molar-refractivity contribution is 6.33. The monoisotopic (exact) mass is 172 g/mol. The summed E-state index contributed by atoms with van der Waals surface area (Å²) in [6.45, 7) is 1.32. The Bertz CT molecular complexity index is 240. The molecule has 0 rings (SSSR count). The smallest absolute Gasteiger partial charge is 0.372 e. The van der Waals surface area contributed by atoms with Gasteiger partial charge in [-0.05, 0) is 0 Å². The predicted molar refractivity (Wildman–Crippen MR) is 38.6 cm³/mol. The molecule has 12 heavy (non-hydrogen) atoms. The van der Waals surface area contributed by atoms with Crippen LogP contribution in [0.2, 0.25) is 0 Å². The zero-order chi connectivity index (χ0) is 9.72. The van der Waals surface area contributed by atoms with Crippen LogP contribution in [0.15, 0.2) is 12.2 Å². The number of carboxylic acid groups (broad SMARTS) is 2. The molecule has 0 heterocycles. The van der Waals surface area contributed by atoms with Gasteiger partial charge < -0.3 is 10.2 Å². The van der Waals surface area contributed by atoms with E-state index in [4.69, 9.17) is 10.2 Å². The Balaban J connectivity index is 4.22. The average molecular weight is 172 g/mol. The van der Waals surface area contributed by atoms with Gasteiger partial charge in [0.05, 0.1) is 0 Å². The van der Waals surface area contributed by atoms with Crippen LogP contribution in [0.4, 0.5) is 0 Å². The number of allylic oxidation sites excluding steroid dienone is 1. The highest BCUT2D eigenvalue weighted by Crippen LogP contribution is 1.98. The highest BCUT2D eigenvalue weighted by Gasteiger charge is 2.17. The summed E-state index contributed by atoms with van der Waals surface area (Å²) in [5.74, 6) is -4.69. The second-order valence-electron chi connectivity index (χ2n) is 2.16. The van der Waals surface area contributed by atoms with Crippen LogP contribution >= 0.6 is 0 Å². The van der Waals surface area contributed by atoms with E-state index in [1.165, 1.54) is 6.92 Å². The normalized spacial score (nSPS) is 12.8. The van der Waals surface area contributed by atoms with Crippen molar-refractivity contribution >= 4 is 17.7 Å². The van der Waals surface area contributed by atoms with Gasteiger partial charge in [0, 0.05) is 12.0 Å². The molecule has 0 bridgehead atoms. The Morgan fingerprint density at radius 1 is 1.25 bits per heavy atom. The van der Waals surface area contributed by atoms with Crippen LogP contribution in [0, 0.1) is 5.92 Å². The molecule has 0 aliphatic carbocycles. The maximum absolute atomic E-state index is 10.6. The molecule has 0 aromatic heterocycles. The Hall–Kier alpha value is -1.65. The number of carboxylic acids is 2. The number of carbonyl (C=O) groups is 3.